The lowest BCUT2D eigenvalue weighted by molar-refractivity contribution is -0.670. The van der Waals surface area contributed by atoms with Crippen molar-refractivity contribution in [1.82, 2.24) is 25.3 Å². The number of rotatable bonds is 68. The Morgan fingerprint density at radius 2 is 0.850 bits per heavy atom. The molecule has 3 unspecified atom stereocenters. The van der Waals surface area contributed by atoms with Crippen LogP contribution in [0.4, 0.5) is 5.69 Å². The monoisotopic (exact) mass is 1610 g/mol. The van der Waals surface area contributed by atoms with Gasteiger partial charge < -0.3 is 89.9 Å². The zero-order chi connectivity index (χ0) is 83.1. The maximum absolute atomic E-state index is 14.0. The number of nitrogens with one attached hydrogen (secondary N) is 2. The molecular formula is C76H108N7O29S+. The van der Waals surface area contributed by atoms with Crippen LogP contribution in [-0.4, -0.2) is 300 Å². The normalized spacial score (nSPS) is 13.7. The van der Waals surface area contributed by atoms with Crippen molar-refractivity contribution in [2.45, 2.75) is 152 Å². The lowest BCUT2D eigenvalue weighted by Crippen LogP contribution is -2.46. The van der Waals surface area contributed by atoms with Crippen LogP contribution in [0.2, 0.25) is 0 Å². The van der Waals surface area contributed by atoms with Gasteiger partial charge >= 0.3 is 53.7 Å². The highest BCUT2D eigenvalue weighted by Crippen LogP contribution is 2.45. The smallest absolute Gasteiger partial charge is 0.320 e. The van der Waals surface area contributed by atoms with Gasteiger partial charge in [-0.2, -0.15) is 4.57 Å². The zero-order valence-electron chi connectivity index (χ0n) is 63.7. The number of carboxylic acid groups (broad SMARTS) is 9. The second kappa shape index (κ2) is 53.5. The molecule has 0 spiro atoms. The fraction of sp³-hybridized carbons (Fsp3) is 0.592. The summed E-state index contributed by atoms with van der Waals surface area (Å²) in [5, 5.41) is 92.5. The Balaban J connectivity index is 1.34. The largest absolute Gasteiger partial charge is 0.480 e. The molecule has 626 valence electrons. The summed E-state index contributed by atoms with van der Waals surface area (Å²) in [6.45, 7) is -4.70. The summed E-state index contributed by atoms with van der Waals surface area (Å²) >= 11 is 1.72. The molecule has 2 heterocycles. The molecule has 4 rings (SSSR count). The lowest BCUT2D eigenvalue weighted by atomic mass is 9.84. The van der Waals surface area contributed by atoms with Crippen LogP contribution in [0, 0.1) is 5.41 Å². The SMILES string of the molecule is CN1/C(=C/c2cc[n+](CCC(=O)NCCOCCOCCOCCC(=O)CC(COCCC(=O)CCCCCC(C(=O)O)N(CC(=O)O)CC(=O)O)(COCCC(=O)CCCCCC(C(=O)O)N(CC(=O)O)CC(=O)O)COCCC(=O)NCCCCC(C(=O)O)N(CC(=O)O)CC(=O)O)c3ccccc23)Sc2ccccc21. The molecule has 113 heavy (non-hydrogen) atoms. The van der Waals surface area contributed by atoms with Crippen LogP contribution in [0.15, 0.2) is 70.7 Å². The van der Waals surface area contributed by atoms with E-state index in [4.69, 9.17) is 28.4 Å². The van der Waals surface area contributed by atoms with E-state index in [-0.39, 0.29) is 212 Å². The molecule has 0 fully saturated rings. The predicted octanol–water partition coefficient (Wildman–Crippen LogP) is 3.88. The number of ether oxygens (including phenoxy) is 6. The van der Waals surface area contributed by atoms with Gasteiger partial charge in [-0.1, -0.05) is 61.7 Å². The molecule has 1 aliphatic heterocycles. The first-order valence-corrected chi connectivity index (χ1v) is 38.2. The number of thioether (sulfide) groups is 1. The first-order valence-electron chi connectivity index (χ1n) is 37.4. The summed E-state index contributed by atoms with van der Waals surface area (Å²) in [5.41, 5.74) is 1.87. The molecule has 36 nitrogen and oxygen atoms in total. The Kier molecular flexibility index (Phi) is 45.5. The van der Waals surface area contributed by atoms with Crippen molar-refractivity contribution in [3.63, 3.8) is 0 Å². The molecule has 0 saturated carbocycles. The molecule has 11 N–H and O–H groups in total. The van der Waals surface area contributed by atoms with Crippen molar-refractivity contribution < 1.29 is 146 Å². The number of hydrogen-bond donors (Lipinski definition) is 11. The van der Waals surface area contributed by atoms with Crippen molar-refractivity contribution >= 4 is 117 Å². The van der Waals surface area contributed by atoms with E-state index in [1.165, 1.54) is 4.90 Å². The molecule has 2 amide bonds. The number of aromatic nitrogens is 1. The second-order valence-electron chi connectivity index (χ2n) is 27.2. The Morgan fingerprint density at radius 3 is 1.33 bits per heavy atom. The van der Waals surface area contributed by atoms with Gasteiger partial charge in [0.1, 0.15) is 35.5 Å². The number of hydrogen-bond acceptors (Lipinski definition) is 25. The second-order valence-corrected chi connectivity index (χ2v) is 28.2. The minimum Gasteiger partial charge on any atom is -0.480 e. The molecule has 0 bridgehead atoms. The van der Waals surface area contributed by atoms with Crippen molar-refractivity contribution in [3.8, 4) is 0 Å². The summed E-state index contributed by atoms with van der Waals surface area (Å²) in [6.07, 6.45) is 5.40. The number of unbranched alkanes of at least 4 members (excludes halogenated alkanes) is 5. The van der Waals surface area contributed by atoms with E-state index in [2.05, 4.69) is 57.5 Å². The third-order valence-corrected chi connectivity index (χ3v) is 19.2. The number of Topliss-reactive ketones (excluding diaryl/α,β-unsaturated/α-hetero) is 3. The van der Waals surface area contributed by atoms with E-state index < -0.39 is 122 Å². The number of carboxylic acids is 9. The minimum absolute atomic E-state index is 0.0347. The number of aryl methyl sites for hydroxylation is 1. The van der Waals surface area contributed by atoms with Crippen molar-refractivity contribution in [3.05, 3.63) is 71.4 Å². The number of fused-ring (bicyclic) bond motifs is 2. The summed E-state index contributed by atoms with van der Waals surface area (Å²) in [7, 11) is 2.05. The first-order chi connectivity index (χ1) is 54.0. The van der Waals surface area contributed by atoms with Gasteiger partial charge in [0.15, 0.2) is 12.7 Å². The first kappa shape index (κ1) is 95.9. The van der Waals surface area contributed by atoms with E-state index in [1.807, 2.05) is 36.5 Å². The Bertz CT molecular complexity index is 3400. The van der Waals surface area contributed by atoms with Gasteiger partial charge in [-0.25, -0.2) is 0 Å². The maximum atomic E-state index is 14.0. The fourth-order valence-electron chi connectivity index (χ4n) is 12.5. The van der Waals surface area contributed by atoms with Crippen molar-refractivity contribution in [1.29, 1.82) is 0 Å². The average molecular weight is 1620 g/mol. The van der Waals surface area contributed by atoms with Crippen LogP contribution in [0.25, 0.3) is 17.0 Å². The number of benzene rings is 2. The Labute approximate surface area is 658 Å². The Hall–Kier alpha value is -9.44. The van der Waals surface area contributed by atoms with Crippen LogP contribution in [0.5, 0.6) is 0 Å². The molecule has 1 aliphatic rings. The van der Waals surface area contributed by atoms with Crippen molar-refractivity contribution in [2.24, 2.45) is 5.41 Å². The van der Waals surface area contributed by atoms with Crippen LogP contribution in [-0.2, 0) is 102 Å². The van der Waals surface area contributed by atoms with Crippen LogP contribution >= 0.6 is 11.8 Å². The maximum Gasteiger partial charge on any atom is 0.320 e. The number of carbonyl (C=O) groups excluding carboxylic acids is 5. The number of carbonyl (C=O) groups is 14. The number of pyridine rings is 1. The summed E-state index contributed by atoms with van der Waals surface area (Å²) in [5.74, 6) is -14.2. The van der Waals surface area contributed by atoms with Gasteiger partial charge in [-0.15, -0.1) is 0 Å². The molecule has 3 atom stereocenters. The number of para-hydroxylation sites is 2. The third kappa shape index (κ3) is 39.2. The summed E-state index contributed by atoms with van der Waals surface area (Å²) in [6, 6.07) is 14.1. The average Bonchev–Trinajstić information content (AvgIpc) is 1.75. The minimum atomic E-state index is -1.44. The van der Waals surface area contributed by atoms with Crippen molar-refractivity contribution in [2.75, 3.05) is 144 Å². The van der Waals surface area contributed by atoms with E-state index in [9.17, 15) is 113 Å². The topological polar surface area (TPSA) is 517 Å². The molecular weight excluding hydrogens is 1510 g/mol. The number of aliphatic carboxylic acids is 9. The number of anilines is 1. The van der Waals surface area contributed by atoms with Gasteiger partial charge in [-0.05, 0) is 74.8 Å². The van der Waals surface area contributed by atoms with E-state index in [0.717, 1.165) is 41.9 Å². The standard InChI is InChI=1S/C76H107N7O29S/c1-79-59-18-10-11-22-63(59)113-66(79)42-53-23-31-80(58-17-9-8-16-57(53)58)32-24-64(87)78-30-37-108-39-41-109-40-38-107-33-27-56(86)43-76(50-110-34-25-54(84)14-4-2-6-19-60(73(101)102)81(44-67(89)90)45-68(91)92,51-111-35-26-55(85)15-5-3-7-20-61(74(103)104)82(46-69(93)94)47-70(95)96)52-112-36-28-65(88)77-29-13-12-21-62(75(105)106)83(48-71(97)98)49-72(99)100/h8-11,16-18,22-23,31,42,60-62H,2-7,12-15,19-21,24-30,32-41,43-52H2,1H3,(H10-,77,78,87,88,89,90,91,92,93,94,95,96,97,98,99,100,101,102,103,104,105,106)/p+1. The molecule has 0 radical (unpaired) electrons. The molecule has 0 saturated heterocycles. The molecule has 37 heteroatoms. The highest BCUT2D eigenvalue weighted by atomic mass is 32.2. The zero-order valence-corrected chi connectivity index (χ0v) is 64.5. The highest BCUT2D eigenvalue weighted by molar-refractivity contribution is 8.03. The predicted molar refractivity (Wildman–Crippen MR) is 404 cm³/mol. The summed E-state index contributed by atoms with van der Waals surface area (Å²) < 4.78 is 37.4. The lowest BCUT2D eigenvalue weighted by Gasteiger charge is -2.33. The van der Waals surface area contributed by atoms with Crippen LogP contribution < -0.4 is 20.1 Å². The quantitative estimate of drug-likeness (QED) is 0.0282. The van der Waals surface area contributed by atoms with Gasteiger partial charge in [0.25, 0.3) is 0 Å². The number of ketones is 3. The fourth-order valence-corrected chi connectivity index (χ4v) is 13.6. The third-order valence-electron chi connectivity index (χ3n) is 18.0. The summed E-state index contributed by atoms with van der Waals surface area (Å²) in [4.78, 5) is 176. The number of amides is 2. The van der Waals surface area contributed by atoms with E-state index >= 15 is 0 Å². The highest BCUT2D eigenvalue weighted by Gasteiger charge is 2.36. The van der Waals surface area contributed by atoms with Gasteiger partial charge in [0.05, 0.1) is 141 Å². The van der Waals surface area contributed by atoms with Gasteiger partial charge in [0.2, 0.25) is 17.3 Å². The van der Waals surface area contributed by atoms with E-state index in [1.54, 1.807) is 11.8 Å². The number of nitrogens with zero attached hydrogens (tertiary/aromatic N) is 5. The molecule has 1 aromatic heterocycles. The molecule has 3 aromatic rings. The Morgan fingerprint density at radius 1 is 0.442 bits per heavy atom. The van der Waals surface area contributed by atoms with Gasteiger partial charge in [0, 0.05) is 87.5 Å². The van der Waals surface area contributed by atoms with Crippen LogP contribution in [0.3, 0.4) is 0 Å². The van der Waals surface area contributed by atoms with Crippen LogP contribution in [0.1, 0.15) is 128 Å². The van der Waals surface area contributed by atoms with E-state index in [0.29, 0.717) is 32.2 Å². The van der Waals surface area contributed by atoms with Gasteiger partial charge in [-0.3, -0.25) is 81.8 Å². The molecule has 0 aliphatic carbocycles. The molecule has 2 aromatic carbocycles.